The standard InChI is InChI=1S/C25H27N5O2S2/c31-23(26-19-11-6-12-19)17-33-24-28-27-22(29(24)15-7-10-18-8-2-1-3-9-18)16-30-20-13-4-5-14-21(20)34-25(30)32/h1-5,8-9,13-14,19H,6-7,10-12,15-17H2,(H,26,31). The number of para-hydroxylation sites is 1. The Morgan fingerprint density at radius 1 is 1.06 bits per heavy atom. The number of aryl methyl sites for hydroxylation is 1. The molecular formula is C25H27N5O2S2. The maximum atomic E-state index is 12.7. The molecule has 1 N–H and O–H groups in total. The van der Waals surface area contributed by atoms with Gasteiger partial charge in [-0.1, -0.05) is 65.6 Å². The van der Waals surface area contributed by atoms with E-state index in [0.29, 0.717) is 18.3 Å². The summed E-state index contributed by atoms with van der Waals surface area (Å²) in [6.45, 7) is 1.08. The fourth-order valence-corrected chi connectivity index (χ4v) is 5.80. The van der Waals surface area contributed by atoms with Gasteiger partial charge in [0, 0.05) is 12.6 Å². The number of hydrogen-bond donors (Lipinski definition) is 1. The molecule has 7 nitrogen and oxygen atoms in total. The van der Waals surface area contributed by atoms with Crippen molar-refractivity contribution in [2.75, 3.05) is 5.75 Å². The van der Waals surface area contributed by atoms with E-state index in [9.17, 15) is 9.59 Å². The number of fused-ring (bicyclic) bond motifs is 1. The van der Waals surface area contributed by atoms with Crippen LogP contribution < -0.4 is 10.2 Å². The Morgan fingerprint density at radius 2 is 1.85 bits per heavy atom. The average molecular weight is 494 g/mol. The fraction of sp³-hybridized carbons (Fsp3) is 0.360. The molecule has 1 amide bonds. The van der Waals surface area contributed by atoms with Gasteiger partial charge in [-0.2, -0.15) is 0 Å². The summed E-state index contributed by atoms with van der Waals surface area (Å²) in [6.07, 6.45) is 5.18. The summed E-state index contributed by atoms with van der Waals surface area (Å²) < 4.78 is 4.79. The Morgan fingerprint density at radius 3 is 2.65 bits per heavy atom. The lowest BCUT2D eigenvalue weighted by Gasteiger charge is -2.26. The first kappa shape index (κ1) is 22.9. The van der Waals surface area contributed by atoms with Crippen molar-refractivity contribution in [1.82, 2.24) is 24.6 Å². The van der Waals surface area contributed by atoms with Gasteiger partial charge in [0.2, 0.25) is 5.91 Å². The molecule has 34 heavy (non-hydrogen) atoms. The van der Waals surface area contributed by atoms with Crippen LogP contribution in [0.4, 0.5) is 0 Å². The third-order valence-corrected chi connectivity index (χ3v) is 8.09. The van der Waals surface area contributed by atoms with Crippen molar-refractivity contribution >= 4 is 39.2 Å². The second-order valence-corrected chi connectivity index (χ2v) is 10.5. The maximum Gasteiger partial charge on any atom is 0.308 e. The first-order valence-corrected chi connectivity index (χ1v) is 13.4. The molecule has 2 heterocycles. The van der Waals surface area contributed by atoms with Gasteiger partial charge in [0.05, 0.1) is 22.5 Å². The van der Waals surface area contributed by atoms with Gasteiger partial charge in [0.1, 0.15) is 0 Å². The van der Waals surface area contributed by atoms with E-state index >= 15 is 0 Å². The van der Waals surface area contributed by atoms with E-state index in [-0.39, 0.29) is 10.8 Å². The molecule has 1 aliphatic carbocycles. The quantitative estimate of drug-likeness (QED) is 0.337. The van der Waals surface area contributed by atoms with E-state index in [1.807, 2.05) is 30.3 Å². The summed E-state index contributed by atoms with van der Waals surface area (Å²) in [7, 11) is 0. The molecule has 176 valence electrons. The highest BCUT2D eigenvalue weighted by molar-refractivity contribution is 7.99. The van der Waals surface area contributed by atoms with Crippen LogP contribution in [0.15, 0.2) is 64.5 Å². The molecule has 0 saturated heterocycles. The number of thiazole rings is 1. The minimum atomic E-state index is -0.00545. The van der Waals surface area contributed by atoms with E-state index in [1.54, 1.807) is 4.57 Å². The smallest absolute Gasteiger partial charge is 0.308 e. The van der Waals surface area contributed by atoms with Crippen LogP contribution >= 0.6 is 23.1 Å². The Balaban J connectivity index is 1.34. The lowest BCUT2D eigenvalue weighted by Crippen LogP contribution is -2.40. The average Bonchev–Trinajstić information content (AvgIpc) is 3.36. The molecular weight excluding hydrogens is 466 g/mol. The molecule has 1 saturated carbocycles. The Kier molecular flexibility index (Phi) is 7.10. The van der Waals surface area contributed by atoms with E-state index in [0.717, 1.165) is 53.4 Å². The van der Waals surface area contributed by atoms with Crippen LogP contribution in [0.3, 0.4) is 0 Å². The topological polar surface area (TPSA) is 81.8 Å². The Hall–Kier alpha value is -2.91. The zero-order valence-corrected chi connectivity index (χ0v) is 20.5. The molecule has 1 aliphatic rings. The Labute approximate surface area is 206 Å². The lowest BCUT2D eigenvalue weighted by molar-refractivity contribution is -0.119. The summed E-state index contributed by atoms with van der Waals surface area (Å²) >= 11 is 2.66. The fourth-order valence-electron chi connectivity index (χ4n) is 4.11. The van der Waals surface area contributed by atoms with Crippen LogP contribution in [0.25, 0.3) is 10.2 Å². The molecule has 0 spiro atoms. The highest BCUT2D eigenvalue weighted by Gasteiger charge is 2.21. The number of thioether (sulfide) groups is 1. The SMILES string of the molecule is O=C(CSc1nnc(Cn2c(=O)sc3ccccc32)n1CCCc1ccccc1)NC1CCC1. The largest absolute Gasteiger partial charge is 0.353 e. The zero-order valence-electron chi connectivity index (χ0n) is 18.9. The van der Waals surface area contributed by atoms with Crippen molar-refractivity contribution in [3.63, 3.8) is 0 Å². The molecule has 4 aromatic rings. The van der Waals surface area contributed by atoms with E-state index in [2.05, 4.69) is 44.3 Å². The second kappa shape index (κ2) is 10.6. The molecule has 2 aromatic heterocycles. The van der Waals surface area contributed by atoms with Crippen molar-refractivity contribution in [1.29, 1.82) is 0 Å². The number of nitrogens with one attached hydrogen (secondary N) is 1. The van der Waals surface area contributed by atoms with Crippen LogP contribution in [0, 0.1) is 0 Å². The highest BCUT2D eigenvalue weighted by Crippen LogP contribution is 2.22. The van der Waals surface area contributed by atoms with Gasteiger partial charge in [-0.15, -0.1) is 10.2 Å². The maximum absolute atomic E-state index is 12.7. The van der Waals surface area contributed by atoms with E-state index in [1.165, 1.54) is 35.1 Å². The number of benzene rings is 2. The van der Waals surface area contributed by atoms with Crippen molar-refractivity contribution in [2.45, 2.75) is 56.4 Å². The number of nitrogens with zero attached hydrogens (tertiary/aromatic N) is 4. The van der Waals surface area contributed by atoms with Gasteiger partial charge < -0.3 is 9.88 Å². The molecule has 0 radical (unpaired) electrons. The van der Waals surface area contributed by atoms with E-state index in [4.69, 9.17) is 0 Å². The third kappa shape index (κ3) is 5.26. The molecule has 5 rings (SSSR count). The lowest BCUT2D eigenvalue weighted by atomic mass is 9.93. The van der Waals surface area contributed by atoms with Gasteiger partial charge in [-0.3, -0.25) is 14.2 Å². The molecule has 0 bridgehead atoms. The molecule has 0 unspecified atom stereocenters. The number of carbonyl (C=O) groups is 1. The number of hydrogen-bond acceptors (Lipinski definition) is 6. The van der Waals surface area contributed by atoms with E-state index < -0.39 is 0 Å². The van der Waals surface area contributed by atoms with Gasteiger partial charge in [0.25, 0.3) is 0 Å². The first-order valence-electron chi connectivity index (χ1n) is 11.6. The summed E-state index contributed by atoms with van der Waals surface area (Å²) in [5.74, 6) is 1.09. The van der Waals surface area contributed by atoms with Gasteiger partial charge in [0.15, 0.2) is 11.0 Å². The predicted octanol–water partition coefficient (Wildman–Crippen LogP) is 4.10. The van der Waals surface area contributed by atoms with Crippen LogP contribution in [-0.2, 0) is 24.3 Å². The van der Waals surface area contributed by atoms with Crippen LogP contribution in [0.2, 0.25) is 0 Å². The molecule has 0 aliphatic heterocycles. The highest BCUT2D eigenvalue weighted by atomic mass is 32.2. The first-order chi connectivity index (χ1) is 16.7. The van der Waals surface area contributed by atoms with Crippen LogP contribution in [0.5, 0.6) is 0 Å². The molecule has 0 atom stereocenters. The zero-order chi connectivity index (χ0) is 23.3. The van der Waals surface area contributed by atoms with Crippen LogP contribution in [-0.4, -0.2) is 37.0 Å². The summed E-state index contributed by atoms with van der Waals surface area (Å²) in [6, 6.07) is 18.5. The summed E-state index contributed by atoms with van der Waals surface area (Å²) in [5, 5.41) is 12.6. The minimum Gasteiger partial charge on any atom is -0.353 e. The molecule has 9 heteroatoms. The normalized spacial score (nSPS) is 13.8. The number of amides is 1. The monoisotopic (exact) mass is 493 g/mol. The van der Waals surface area contributed by atoms with Gasteiger partial charge in [-0.05, 0) is 49.8 Å². The Bertz CT molecular complexity index is 1320. The minimum absolute atomic E-state index is 0.00545. The number of carbonyl (C=O) groups excluding carboxylic acids is 1. The van der Waals surface area contributed by atoms with Gasteiger partial charge in [-0.25, -0.2) is 0 Å². The van der Waals surface area contributed by atoms with Crippen molar-refractivity contribution in [3.05, 3.63) is 75.7 Å². The third-order valence-electron chi connectivity index (χ3n) is 6.16. The van der Waals surface area contributed by atoms with Crippen LogP contribution in [0.1, 0.15) is 37.1 Å². The second-order valence-electron chi connectivity index (χ2n) is 8.55. The number of rotatable bonds is 10. The summed E-state index contributed by atoms with van der Waals surface area (Å²) in [5.41, 5.74) is 2.19. The van der Waals surface area contributed by atoms with Crippen molar-refractivity contribution in [3.8, 4) is 0 Å². The molecule has 1 fully saturated rings. The van der Waals surface area contributed by atoms with Gasteiger partial charge >= 0.3 is 4.87 Å². The summed E-state index contributed by atoms with van der Waals surface area (Å²) in [4.78, 5) is 25.0. The van der Waals surface area contributed by atoms with Crippen molar-refractivity contribution < 1.29 is 4.79 Å². The number of aromatic nitrogens is 4. The van der Waals surface area contributed by atoms with Crippen molar-refractivity contribution in [2.24, 2.45) is 0 Å². The predicted molar refractivity (Wildman–Crippen MR) is 136 cm³/mol. The molecule has 2 aromatic carbocycles.